The van der Waals surface area contributed by atoms with Gasteiger partial charge in [0.2, 0.25) is 0 Å². The summed E-state index contributed by atoms with van der Waals surface area (Å²) >= 11 is 1.60. The van der Waals surface area contributed by atoms with Crippen LogP contribution in [-0.4, -0.2) is 40.9 Å². The summed E-state index contributed by atoms with van der Waals surface area (Å²) in [5, 5.41) is 24.2. The van der Waals surface area contributed by atoms with E-state index in [4.69, 9.17) is 10.2 Å². The highest BCUT2D eigenvalue weighted by Crippen LogP contribution is 2.10. The van der Waals surface area contributed by atoms with Crippen LogP contribution < -0.4 is 10.6 Å². The Morgan fingerprint density at radius 2 is 2.17 bits per heavy atom. The highest BCUT2D eigenvalue weighted by Gasteiger charge is 2.19. The van der Waals surface area contributed by atoms with E-state index in [1.165, 1.54) is 0 Å². The Kier molecular flexibility index (Phi) is 5.60. The van der Waals surface area contributed by atoms with E-state index in [2.05, 4.69) is 10.6 Å². The van der Waals surface area contributed by atoms with E-state index in [1.54, 1.807) is 11.3 Å². The second kappa shape index (κ2) is 6.97. The molecule has 4 N–H and O–H groups in total. The number of carboxylic acid groups (broad SMARTS) is 1. The number of thiophene rings is 1. The molecule has 1 aromatic rings. The highest BCUT2D eigenvalue weighted by molar-refractivity contribution is 7.09. The average Bonchev–Trinajstić information content (AvgIpc) is 2.77. The van der Waals surface area contributed by atoms with Gasteiger partial charge in [-0.05, 0) is 18.4 Å². The standard InChI is InChI=1S/C11H16N2O4S/c1-7(5-8-3-2-4-18-8)12-11(17)13-9(6-14)10(15)16/h2-4,7,9,14H,5-6H2,1H3,(H,15,16)(H2,12,13,17)/t7?,9-/m1/s1. The fourth-order valence-electron chi connectivity index (χ4n) is 1.39. The molecule has 18 heavy (non-hydrogen) atoms. The van der Waals surface area contributed by atoms with Gasteiger partial charge in [-0.15, -0.1) is 11.3 Å². The number of nitrogens with one attached hydrogen (secondary N) is 2. The van der Waals surface area contributed by atoms with E-state index in [-0.39, 0.29) is 6.04 Å². The van der Waals surface area contributed by atoms with Crippen molar-refractivity contribution in [2.45, 2.75) is 25.4 Å². The van der Waals surface area contributed by atoms with Crippen molar-refractivity contribution in [1.82, 2.24) is 10.6 Å². The van der Waals surface area contributed by atoms with Crippen molar-refractivity contribution in [3.8, 4) is 0 Å². The second-order valence-corrected chi connectivity index (χ2v) is 4.91. The number of hydrogen-bond acceptors (Lipinski definition) is 4. The van der Waals surface area contributed by atoms with Gasteiger partial charge in [-0.1, -0.05) is 6.07 Å². The van der Waals surface area contributed by atoms with Crippen LogP contribution >= 0.6 is 11.3 Å². The van der Waals surface area contributed by atoms with E-state index in [0.29, 0.717) is 6.42 Å². The molecule has 7 heteroatoms. The Labute approximate surface area is 109 Å². The molecule has 2 atom stereocenters. The first-order chi connectivity index (χ1) is 8.52. The summed E-state index contributed by atoms with van der Waals surface area (Å²) in [6.07, 6.45) is 0.682. The third kappa shape index (κ3) is 4.72. The molecule has 1 heterocycles. The van der Waals surface area contributed by atoms with Crippen molar-refractivity contribution >= 4 is 23.3 Å². The molecular formula is C11H16N2O4S. The first-order valence-corrected chi connectivity index (χ1v) is 6.34. The smallest absolute Gasteiger partial charge is 0.328 e. The monoisotopic (exact) mass is 272 g/mol. The molecule has 1 aromatic heterocycles. The molecule has 0 aliphatic rings. The number of aliphatic hydroxyl groups excluding tert-OH is 1. The Balaban J connectivity index is 2.37. The van der Waals surface area contributed by atoms with E-state index in [9.17, 15) is 9.59 Å². The zero-order chi connectivity index (χ0) is 13.5. The molecule has 2 amide bonds. The van der Waals surface area contributed by atoms with Crippen LogP contribution in [-0.2, 0) is 11.2 Å². The molecule has 0 saturated carbocycles. The molecule has 0 aromatic carbocycles. The molecule has 0 fully saturated rings. The Morgan fingerprint density at radius 3 is 2.67 bits per heavy atom. The van der Waals surface area contributed by atoms with Gasteiger partial charge in [0, 0.05) is 17.3 Å². The Morgan fingerprint density at radius 1 is 1.44 bits per heavy atom. The zero-order valence-corrected chi connectivity index (χ0v) is 10.7. The molecule has 0 aliphatic heterocycles. The van der Waals surface area contributed by atoms with Crippen LogP contribution in [0.25, 0.3) is 0 Å². The lowest BCUT2D eigenvalue weighted by atomic mass is 10.2. The predicted molar refractivity (Wildman–Crippen MR) is 67.7 cm³/mol. The summed E-state index contributed by atoms with van der Waals surface area (Å²) in [4.78, 5) is 23.2. The topological polar surface area (TPSA) is 98.7 Å². The summed E-state index contributed by atoms with van der Waals surface area (Å²) in [5.41, 5.74) is 0. The number of aliphatic hydroxyl groups is 1. The molecule has 0 spiro atoms. The predicted octanol–water partition coefficient (Wildman–Crippen LogP) is 0.424. The summed E-state index contributed by atoms with van der Waals surface area (Å²) in [6, 6.07) is 1.91. The van der Waals surface area contributed by atoms with Gasteiger partial charge < -0.3 is 20.8 Å². The lowest BCUT2D eigenvalue weighted by molar-refractivity contribution is -0.140. The lowest BCUT2D eigenvalue weighted by Gasteiger charge is -2.16. The number of carbonyl (C=O) groups excluding carboxylic acids is 1. The summed E-state index contributed by atoms with van der Waals surface area (Å²) in [6.45, 7) is 1.19. The molecule has 0 radical (unpaired) electrons. The molecule has 6 nitrogen and oxygen atoms in total. The van der Waals surface area contributed by atoms with Crippen LogP contribution in [0.5, 0.6) is 0 Å². The number of rotatable bonds is 6. The molecule has 0 saturated heterocycles. The first kappa shape index (κ1) is 14.5. The van der Waals surface area contributed by atoms with Gasteiger partial charge in [0.15, 0.2) is 6.04 Å². The van der Waals surface area contributed by atoms with Crippen molar-refractivity contribution in [2.75, 3.05) is 6.61 Å². The van der Waals surface area contributed by atoms with Crippen LogP contribution in [0.2, 0.25) is 0 Å². The number of amides is 2. The van der Waals surface area contributed by atoms with Gasteiger partial charge in [-0.2, -0.15) is 0 Å². The van der Waals surface area contributed by atoms with E-state index in [0.717, 1.165) is 4.88 Å². The molecule has 1 unspecified atom stereocenters. The quantitative estimate of drug-likeness (QED) is 0.603. The molecule has 0 aliphatic carbocycles. The maximum absolute atomic E-state index is 11.5. The minimum Gasteiger partial charge on any atom is -0.480 e. The van der Waals surface area contributed by atoms with E-state index < -0.39 is 24.6 Å². The number of carbonyl (C=O) groups is 2. The Hall–Kier alpha value is -1.60. The number of carboxylic acids is 1. The van der Waals surface area contributed by atoms with Crippen molar-refractivity contribution in [3.63, 3.8) is 0 Å². The fraction of sp³-hybridized carbons (Fsp3) is 0.455. The first-order valence-electron chi connectivity index (χ1n) is 5.46. The molecule has 0 bridgehead atoms. The Bertz CT molecular complexity index is 394. The summed E-state index contributed by atoms with van der Waals surface area (Å²) in [5.74, 6) is -1.27. The highest BCUT2D eigenvalue weighted by atomic mass is 32.1. The van der Waals surface area contributed by atoms with Gasteiger partial charge in [0.05, 0.1) is 6.61 Å². The number of hydrogen-bond donors (Lipinski definition) is 4. The molecule has 1 rings (SSSR count). The van der Waals surface area contributed by atoms with E-state index >= 15 is 0 Å². The number of urea groups is 1. The van der Waals surface area contributed by atoms with Gasteiger partial charge in [-0.25, -0.2) is 9.59 Å². The average molecular weight is 272 g/mol. The zero-order valence-electron chi connectivity index (χ0n) is 9.92. The molecular weight excluding hydrogens is 256 g/mol. The van der Waals surface area contributed by atoms with Crippen molar-refractivity contribution < 1.29 is 19.8 Å². The van der Waals surface area contributed by atoms with Crippen molar-refractivity contribution in [1.29, 1.82) is 0 Å². The van der Waals surface area contributed by atoms with Crippen molar-refractivity contribution in [3.05, 3.63) is 22.4 Å². The van der Waals surface area contributed by atoms with Crippen LogP contribution in [0, 0.1) is 0 Å². The van der Waals surface area contributed by atoms with Crippen molar-refractivity contribution in [2.24, 2.45) is 0 Å². The van der Waals surface area contributed by atoms with Crippen LogP contribution in [0.15, 0.2) is 17.5 Å². The summed E-state index contributed by atoms with van der Waals surface area (Å²) < 4.78 is 0. The largest absolute Gasteiger partial charge is 0.480 e. The lowest BCUT2D eigenvalue weighted by Crippen LogP contribution is -2.50. The van der Waals surface area contributed by atoms with Gasteiger partial charge in [0.1, 0.15) is 0 Å². The maximum Gasteiger partial charge on any atom is 0.328 e. The second-order valence-electron chi connectivity index (χ2n) is 3.88. The fourth-order valence-corrected chi connectivity index (χ4v) is 2.23. The van der Waals surface area contributed by atoms with Gasteiger partial charge in [0.25, 0.3) is 0 Å². The van der Waals surface area contributed by atoms with Crippen LogP contribution in [0.1, 0.15) is 11.8 Å². The van der Waals surface area contributed by atoms with Gasteiger partial charge in [-0.3, -0.25) is 0 Å². The minimum atomic E-state index is -1.28. The van der Waals surface area contributed by atoms with Crippen LogP contribution in [0.3, 0.4) is 0 Å². The third-order valence-corrected chi connectivity index (χ3v) is 3.15. The maximum atomic E-state index is 11.5. The normalized spacial score (nSPS) is 13.7. The summed E-state index contributed by atoms with van der Waals surface area (Å²) in [7, 11) is 0. The van der Waals surface area contributed by atoms with Gasteiger partial charge >= 0.3 is 12.0 Å². The third-order valence-electron chi connectivity index (χ3n) is 2.25. The van der Waals surface area contributed by atoms with Crippen LogP contribution in [0.4, 0.5) is 4.79 Å². The van der Waals surface area contributed by atoms with E-state index in [1.807, 2.05) is 24.4 Å². The minimum absolute atomic E-state index is 0.114. The SMILES string of the molecule is CC(Cc1cccs1)NC(=O)N[C@H](CO)C(=O)O. The molecule has 100 valence electrons. The number of aliphatic carboxylic acids is 1.